The molecule has 0 radical (unpaired) electrons. The number of rotatable bonds is 5. The summed E-state index contributed by atoms with van der Waals surface area (Å²) in [4.78, 5) is 25.3. The van der Waals surface area contributed by atoms with Gasteiger partial charge in [-0.2, -0.15) is 0 Å². The first-order valence-electron chi connectivity index (χ1n) is 9.20. The van der Waals surface area contributed by atoms with Crippen LogP contribution in [0.2, 0.25) is 5.02 Å². The molecule has 2 amide bonds. The van der Waals surface area contributed by atoms with Crippen molar-refractivity contribution in [3.8, 4) is 11.5 Å². The lowest BCUT2D eigenvalue weighted by Crippen LogP contribution is -2.40. The second-order valence-electron chi connectivity index (χ2n) is 6.80. The van der Waals surface area contributed by atoms with E-state index in [1.165, 1.54) is 32.4 Å². The zero-order valence-corrected chi connectivity index (χ0v) is 18.7. The zero-order valence-electron chi connectivity index (χ0n) is 17.1. The zero-order chi connectivity index (χ0) is 22.8. The Hall–Kier alpha value is -3.04. The molecule has 1 heterocycles. The normalized spacial score (nSPS) is 16.1. The molecule has 164 valence electrons. The summed E-state index contributed by atoms with van der Waals surface area (Å²) in [7, 11) is -1.59. The summed E-state index contributed by atoms with van der Waals surface area (Å²) in [5.74, 6) is -0.922. The Balaban J connectivity index is 2.12. The SMILES string of the molecule is COc1ccc(Cl)cc1/C=C1\CNC(=O)CN(S(=O)(=O)c2cc(C)ccc2OC)C1=O. The second kappa shape index (κ2) is 8.99. The Bertz CT molecular complexity index is 1180. The summed E-state index contributed by atoms with van der Waals surface area (Å²) in [6.07, 6.45) is 1.45. The van der Waals surface area contributed by atoms with E-state index < -0.39 is 28.4 Å². The van der Waals surface area contributed by atoms with E-state index in [4.69, 9.17) is 21.1 Å². The van der Waals surface area contributed by atoms with Gasteiger partial charge in [-0.15, -0.1) is 0 Å². The minimum absolute atomic E-state index is 0.0570. The number of amides is 2. The standard InChI is InChI=1S/C21H21ClN2O6S/c1-13-4-6-18(30-3)19(8-13)31(27,28)24-12-20(25)23-11-15(21(24)26)9-14-10-16(22)5-7-17(14)29-2/h4-10H,11-12H2,1-3H3,(H,23,25)/b15-9+. The van der Waals surface area contributed by atoms with Crippen molar-refractivity contribution in [1.29, 1.82) is 0 Å². The van der Waals surface area contributed by atoms with Crippen LogP contribution in [0.5, 0.6) is 11.5 Å². The summed E-state index contributed by atoms with van der Waals surface area (Å²) in [6, 6.07) is 9.41. The minimum Gasteiger partial charge on any atom is -0.496 e. The highest BCUT2D eigenvalue weighted by atomic mass is 35.5. The smallest absolute Gasteiger partial charge is 0.270 e. The van der Waals surface area contributed by atoms with Crippen molar-refractivity contribution in [2.75, 3.05) is 27.3 Å². The highest BCUT2D eigenvalue weighted by Crippen LogP contribution is 2.30. The fraction of sp³-hybridized carbons (Fsp3) is 0.238. The molecule has 2 aromatic rings. The molecule has 8 nitrogen and oxygen atoms in total. The predicted octanol–water partition coefficient (Wildman–Crippen LogP) is 2.40. The van der Waals surface area contributed by atoms with Crippen molar-refractivity contribution in [2.45, 2.75) is 11.8 Å². The molecule has 0 bridgehead atoms. The van der Waals surface area contributed by atoms with Crippen LogP contribution in [-0.2, 0) is 19.6 Å². The van der Waals surface area contributed by atoms with E-state index >= 15 is 0 Å². The van der Waals surface area contributed by atoms with E-state index in [9.17, 15) is 18.0 Å². The monoisotopic (exact) mass is 464 g/mol. The molecule has 0 aliphatic carbocycles. The number of nitrogens with zero attached hydrogens (tertiary/aromatic N) is 1. The van der Waals surface area contributed by atoms with Gasteiger partial charge in [0.05, 0.1) is 14.2 Å². The number of benzene rings is 2. The third kappa shape index (κ3) is 4.67. The van der Waals surface area contributed by atoms with Crippen LogP contribution < -0.4 is 14.8 Å². The Kier molecular flexibility index (Phi) is 6.56. The molecule has 0 spiro atoms. The van der Waals surface area contributed by atoms with Gasteiger partial charge in [-0.3, -0.25) is 9.59 Å². The van der Waals surface area contributed by atoms with Crippen LogP contribution in [0.1, 0.15) is 11.1 Å². The Morgan fingerprint density at radius 2 is 1.74 bits per heavy atom. The lowest BCUT2D eigenvalue weighted by atomic mass is 10.1. The van der Waals surface area contributed by atoms with Gasteiger partial charge in [-0.05, 0) is 48.9 Å². The summed E-state index contributed by atoms with van der Waals surface area (Å²) in [6.45, 7) is 0.915. The van der Waals surface area contributed by atoms with Crippen LogP contribution in [0.4, 0.5) is 0 Å². The summed E-state index contributed by atoms with van der Waals surface area (Å²) < 4.78 is 37.8. The van der Waals surface area contributed by atoms with Crippen LogP contribution in [-0.4, -0.2) is 51.8 Å². The highest BCUT2D eigenvalue weighted by Gasteiger charge is 2.37. The van der Waals surface area contributed by atoms with E-state index in [0.717, 1.165) is 0 Å². The average molecular weight is 465 g/mol. The molecule has 31 heavy (non-hydrogen) atoms. The van der Waals surface area contributed by atoms with Crippen molar-refractivity contribution >= 4 is 39.5 Å². The van der Waals surface area contributed by atoms with E-state index in [1.807, 2.05) is 0 Å². The minimum atomic E-state index is -4.38. The number of nitrogens with one attached hydrogen (secondary N) is 1. The quantitative estimate of drug-likeness (QED) is 0.682. The maximum absolute atomic E-state index is 13.4. The summed E-state index contributed by atoms with van der Waals surface area (Å²) in [5.41, 5.74) is 1.19. The predicted molar refractivity (Wildman–Crippen MR) is 116 cm³/mol. The van der Waals surface area contributed by atoms with Gasteiger partial charge in [0.25, 0.3) is 15.9 Å². The highest BCUT2D eigenvalue weighted by molar-refractivity contribution is 7.89. The first-order chi connectivity index (χ1) is 14.7. The number of carbonyl (C=O) groups excluding carboxylic acids is 2. The van der Waals surface area contributed by atoms with Crippen molar-refractivity contribution in [3.05, 3.63) is 58.1 Å². The number of methoxy groups -OCH3 is 2. The molecular weight excluding hydrogens is 444 g/mol. The van der Waals surface area contributed by atoms with Gasteiger partial charge in [-0.25, -0.2) is 12.7 Å². The summed E-state index contributed by atoms with van der Waals surface area (Å²) >= 11 is 6.05. The number of aryl methyl sites for hydroxylation is 1. The van der Waals surface area contributed by atoms with Gasteiger partial charge >= 0.3 is 0 Å². The number of hydrogen-bond acceptors (Lipinski definition) is 6. The molecule has 0 aromatic heterocycles. The van der Waals surface area contributed by atoms with Crippen molar-refractivity contribution in [2.24, 2.45) is 0 Å². The van der Waals surface area contributed by atoms with Gasteiger partial charge in [-0.1, -0.05) is 17.7 Å². The first-order valence-corrected chi connectivity index (χ1v) is 11.0. The fourth-order valence-electron chi connectivity index (χ4n) is 3.10. The Labute approximate surface area is 185 Å². The molecule has 1 saturated heterocycles. The van der Waals surface area contributed by atoms with Gasteiger partial charge in [0.1, 0.15) is 22.9 Å². The summed E-state index contributed by atoms with van der Waals surface area (Å²) in [5, 5.41) is 2.96. The topological polar surface area (TPSA) is 102 Å². The first kappa shape index (κ1) is 22.6. The van der Waals surface area contributed by atoms with Crippen LogP contribution >= 0.6 is 11.6 Å². The molecule has 1 aliphatic heterocycles. The lowest BCUT2D eigenvalue weighted by Gasteiger charge is -2.21. The number of sulfonamides is 1. The van der Waals surface area contributed by atoms with Gasteiger partial charge in [0.2, 0.25) is 5.91 Å². The van der Waals surface area contributed by atoms with E-state index in [-0.39, 0.29) is 22.8 Å². The fourth-order valence-corrected chi connectivity index (χ4v) is 4.89. The van der Waals surface area contributed by atoms with E-state index in [0.29, 0.717) is 26.2 Å². The van der Waals surface area contributed by atoms with E-state index in [1.54, 1.807) is 31.2 Å². The molecular formula is C21H21ClN2O6S. The third-order valence-corrected chi connectivity index (χ3v) is 6.66. The van der Waals surface area contributed by atoms with E-state index in [2.05, 4.69) is 5.32 Å². The molecule has 10 heteroatoms. The van der Waals surface area contributed by atoms with Crippen LogP contribution in [0.3, 0.4) is 0 Å². The van der Waals surface area contributed by atoms with Gasteiger partial charge in [0, 0.05) is 22.7 Å². The average Bonchev–Trinajstić information content (AvgIpc) is 2.87. The van der Waals surface area contributed by atoms with Gasteiger partial charge < -0.3 is 14.8 Å². The van der Waals surface area contributed by atoms with Gasteiger partial charge in [0.15, 0.2) is 0 Å². The molecule has 3 rings (SSSR count). The Morgan fingerprint density at radius 1 is 1.06 bits per heavy atom. The molecule has 1 N–H and O–H groups in total. The molecule has 0 unspecified atom stereocenters. The van der Waals surface area contributed by atoms with Crippen molar-refractivity contribution in [1.82, 2.24) is 9.62 Å². The molecule has 1 aliphatic rings. The third-order valence-electron chi connectivity index (χ3n) is 4.67. The number of ether oxygens (including phenoxy) is 2. The van der Waals surface area contributed by atoms with Crippen LogP contribution in [0.15, 0.2) is 46.9 Å². The molecule has 0 saturated carbocycles. The van der Waals surface area contributed by atoms with Crippen molar-refractivity contribution in [3.63, 3.8) is 0 Å². The molecule has 0 atom stereocenters. The Morgan fingerprint density at radius 3 is 2.42 bits per heavy atom. The largest absolute Gasteiger partial charge is 0.496 e. The number of halogens is 1. The molecule has 2 aromatic carbocycles. The van der Waals surface area contributed by atoms with Crippen LogP contribution in [0.25, 0.3) is 6.08 Å². The second-order valence-corrected chi connectivity index (χ2v) is 9.07. The van der Waals surface area contributed by atoms with Crippen LogP contribution in [0, 0.1) is 6.92 Å². The maximum Gasteiger partial charge on any atom is 0.270 e. The maximum atomic E-state index is 13.4. The lowest BCUT2D eigenvalue weighted by molar-refractivity contribution is -0.127. The number of carbonyl (C=O) groups is 2. The number of hydrogen-bond donors (Lipinski definition) is 1. The van der Waals surface area contributed by atoms with Crippen molar-refractivity contribution < 1.29 is 27.5 Å². The molecule has 1 fully saturated rings.